The molecule has 1 fully saturated rings. The molecule has 2 atom stereocenters. The number of carbonyl (C=O) groups excluding carboxylic acids is 2. The highest BCUT2D eigenvalue weighted by molar-refractivity contribution is 7.91. The van der Waals surface area contributed by atoms with Gasteiger partial charge in [0.2, 0.25) is 5.76 Å². The number of hydrogen-bond acceptors (Lipinski definition) is 6. The molecule has 2 heterocycles. The molecule has 1 amide bonds. The summed E-state index contributed by atoms with van der Waals surface area (Å²) in [5.41, 5.74) is 0.762. The van der Waals surface area contributed by atoms with Crippen LogP contribution in [0.25, 0.3) is 11.0 Å². The van der Waals surface area contributed by atoms with Gasteiger partial charge in [-0.3, -0.25) is 4.79 Å². The molecule has 3 rings (SSSR count). The van der Waals surface area contributed by atoms with Crippen LogP contribution in [-0.2, 0) is 19.4 Å². The van der Waals surface area contributed by atoms with Gasteiger partial charge in [0, 0.05) is 24.0 Å². The monoisotopic (exact) mass is 397 g/mol. The van der Waals surface area contributed by atoms with Gasteiger partial charge in [0.05, 0.1) is 11.5 Å². The van der Waals surface area contributed by atoms with E-state index >= 15 is 0 Å². The number of carbonyl (C=O) groups is 2. The largest absolute Gasteiger partial charge is 0.449 e. The van der Waals surface area contributed by atoms with Crippen molar-refractivity contribution in [3.63, 3.8) is 0 Å². The fraction of sp³-hybridized carbons (Fsp3) is 0.444. The first-order chi connectivity index (χ1) is 12.6. The van der Waals surface area contributed by atoms with E-state index in [1.807, 2.05) is 0 Å². The number of aryl methyl sites for hydroxylation is 1. The third-order valence-corrected chi connectivity index (χ3v) is 6.57. The van der Waals surface area contributed by atoms with Crippen LogP contribution in [0.3, 0.4) is 0 Å². The normalized spacial score (nSPS) is 19.8. The summed E-state index contributed by atoms with van der Waals surface area (Å²) in [7, 11) is -1.64. The summed E-state index contributed by atoms with van der Waals surface area (Å²) in [5.74, 6) is -1.94. The minimum atomic E-state index is -3.14. The Hall–Kier alpha value is -2.42. The van der Waals surface area contributed by atoms with Crippen molar-refractivity contribution >= 4 is 32.7 Å². The average molecular weight is 397 g/mol. The Morgan fingerprint density at radius 1 is 1.37 bits per heavy atom. The van der Waals surface area contributed by atoms with Crippen molar-refractivity contribution in [3.8, 4) is 0 Å². The minimum absolute atomic E-state index is 0.0399. The molecule has 1 aliphatic heterocycles. The zero-order chi connectivity index (χ0) is 19.9. The molecule has 1 aromatic carbocycles. The predicted molar refractivity (Wildman–Crippen MR) is 95.6 cm³/mol. The number of halogens is 1. The Labute approximate surface area is 156 Å². The number of hydrogen-bond donors (Lipinski definition) is 0. The molecule has 0 spiro atoms. The SMILES string of the molecule is Cc1c(C(=O)O[C@H](C)C(=O)N(C)[C@@H]2CCS(=O)(=O)C2)oc2ccc(F)cc12. The quantitative estimate of drug-likeness (QED) is 0.733. The third kappa shape index (κ3) is 3.83. The standard InChI is InChI=1S/C18H20FNO6S/c1-10-14-8-12(19)4-5-15(14)26-16(10)18(22)25-11(2)17(21)20(3)13-6-7-27(23,24)9-13/h4-5,8,11,13H,6-7,9H2,1-3H3/t11-,13-/m1/s1. The van der Waals surface area contributed by atoms with Crippen LogP contribution in [0, 0.1) is 12.7 Å². The molecule has 9 heteroatoms. The highest BCUT2D eigenvalue weighted by Gasteiger charge is 2.35. The number of rotatable bonds is 4. The van der Waals surface area contributed by atoms with Gasteiger partial charge in [-0.05, 0) is 38.5 Å². The molecule has 146 valence electrons. The topological polar surface area (TPSA) is 93.9 Å². The van der Waals surface area contributed by atoms with E-state index < -0.39 is 39.7 Å². The Bertz CT molecular complexity index is 1010. The molecule has 0 N–H and O–H groups in total. The Morgan fingerprint density at radius 2 is 2.07 bits per heavy atom. The zero-order valence-corrected chi connectivity index (χ0v) is 16.0. The molecule has 0 radical (unpaired) electrons. The lowest BCUT2D eigenvalue weighted by molar-refractivity contribution is -0.140. The maximum Gasteiger partial charge on any atom is 0.375 e. The Morgan fingerprint density at radius 3 is 2.70 bits per heavy atom. The van der Waals surface area contributed by atoms with Crippen LogP contribution >= 0.6 is 0 Å². The fourth-order valence-electron chi connectivity index (χ4n) is 3.20. The minimum Gasteiger partial charge on any atom is -0.449 e. The van der Waals surface area contributed by atoms with Crippen LogP contribution in [-0.4, -0.2) is 55.9 Å². The van der Waals surface area contributed by atoms with Crippen LogP contribution in [0.5, 0.6) is 0 Å². The molecule has 0 bridgehead atoms. The molecule has 0 unspecified atom stereocenters. The molecule has 2 aromatic rings. The Balaban J connectivity index is 1.72. The van der Waals surface area contributed by atoms with Gasteiger partial charge < -0.3 is 14.1 Å². The van der Waals surface area contributed by atoms with E-state index in [2.05, 4.69) is 0 Å². The number of furan rings is 1. The van der Waals surface area contributed by atoms with Crippen LogP contribution in [0.4, 0.5) is 4.39 Å². The van der Waals surface area contributed by atoms with Crippen molar-refractivity contribution in [1.82, 2.24) is 4.90 Å². The van der Waals surface area contributed by atoms with Gasteiger partial charge in [0.25, 0.3) is 5.91 Å². The predicted octanol–water partition coefficient (Wildman–Crippen LogP) is 2.07. The average Bonchev–Trinajstić information content (AvgIpc) is 3.13. The van der Waals surface area contributed by atoms with E-state index in [1.54, 1.807) is 6.92 Å². The van der Waals surface area contributed by atoms with Crippen LogP contribution < -0.4 is 0 Å². The first-order valence-corrected chi connectivity index (χ1v) is 10.3. The molecule has 27 heavy (non-hydrogen) atoms. The molecular weight excluding hydrogens is 377 g/mol. The summed E-state index contributed by atoms with van der Waals surface area (Å²) in [5, 5.41) is 0.453. The van der Waals surface area contributed by atoms with Gasteiger partial charge in [-0.15, -0.1) is 0 Å². The third-order valence-electron chi connectivity index (χ3n) is 4.82. The molecular formula is C18H20FNO6S. The first-order valence-electron chi connectivity index (χ1n) is 8.46. The van der Waals surface area contributed by atoms with Crippen molar-refractivity contribution in [2.75, 3.05) is 18.6 Å². The first kappa shape index (κ1) is 19.3. The lowest BCUT2D eigenvalue weighted by atomic mass is 10.1. The maximum atomic E-state index is 13.4. The van der Waals surface area contributed by atoms with Crippen molar-refractivity contribution in [2.24, 2.45) is 0 Å². The zero-order valence-electron chi connectivity index (χ0n) is 15.2. The molecule has 0 saturated carbocycles. The maximum absolute atomic E-state index is 13.4. The van der Waals surface area contributed by atoms with Crippen LogP contribution in [0.2, 0.25) is 0 Å². The summed E-state index contributed by atoms with van der Waals surface area (Å²) in [6, 6.07) is 3.46. The van der Waals surface area contributed by atoms with Crippen molar-refractivity contribution in [1.29, 1.82) is 0 Å². The summed E-state index contributed by atoms with van der Waals surface area (Å²) >= 11 is 0. The smallest absolute Gasteiger partial charge is 0.375 e. The highest BCUT2D eigenvalue weighted by Crippen LogP contribution is 2.27. The summed E-state index contributed by atoms with van der Waals surface area (Å²) in [6.45, 7) is 3.02. The number of ether oxygens (including phenoxy) is 1. The van der Waals surface area contributed by atoms with Crippen molar-refractivity contribution in [3.05, 3.63) is 35.3 Å². The lowest BCUT2D eigenvalue weighted by Gasteiger charge is -2.26. The number of amides is 1. The lowest BCUT2D eigenvalue weighted by Crippen LogP contribution is -2.44. The molecule has 1 saturated heterocycles. The van der Waals surface area contributed by atoms with E-state index in [0.717, 1.165) is 0 Å². The van der Waals surface area contributed by atoms with Crippen molar-refractivity contribution < 1.29 is 31.6 Å². The summed E-state index contributed by atoms with van der Waals surface area (Å²) in [4.78, 5) is 26.2. The van der Waals surface area contributed by atoms with Gasteiger partial charge >= 0.3 is 5.97 Å². The Kier molecular flexibility index (Phi) is 4.98. The number of fused-ring (bicyclic) bond motifs is 1. The molecule has 7 nitrogen and oxygen atoms in total. The number of nitrogens with zero attached hydrogens (tertiary/aromatic N) is 1. The fourth-order valence-corrected chi connectivity index (χ4v) is 4.97. The van der Waals surface area contributed by atoms with E-state index in [0.29, 0.717) is 23.0 Å². The van der Waals surface area contributed by atoms with Crippen LogP contribution in [0.15, 0.2) is 22.6 Å². The number of sulfone groups is 1. The summed E-state index contributed by atoms with van der Waals surface area (Å²) < 4.78 is 47.2. The second kappa shape index (κ2) is 6.95. The molecule has 0 aliphatic carbocycles. The molecule has 1 aromatic heterocycles. The molecule has 1 aliphatic rings. The van der Waals surface area contributed by atoms with Gasteiger partial charge in [-0.2, -0.15) is 0 Å². The van der Waals surface area contributed by atoms with Crippen LogP contribution in [0.1, 0.15) is 29.5 Å². The second-order valence-electron chi connectivity index (χ2n) is 6.75. The van der Waals surface area contributed by atoms with E-state index in [1.165, 1.54) is 37.1 Å². The van der Waals surface area contributed by atoms with E-state index in [4.69, 9.17) is 9.15 Å². The summed E-state index contributed by atoms with van der Waals surface area (Å²) in [6.07, 6.45) is -0.755. The van der Waals surface area contributed by atoms with Gasteiger partial charge in [0.15, 0.2) is 15.9 Å². The highest BCUT2D eigenvalue weighted by atomic mass is 32.2. The van der Waals surface area contributed by atoms with Gasteiger partial charge in [0.1, 0.15) is 11.4 Å². The van der Waals surface area contributed by atoms with Gasteiger partial charge in [-0.1, -0.05) is 0 Å². The number of esters is 1. The van der Waals surface area contributed by atoms with Crippen molar-refractivity contribution in [2.45, 2.75) is 32.4 Å². The number of likely N-dealkylation sites (N-methyl/N-ethyl adjacent to an activating group) is 1. The number of benzene rings is 1. The second-order valence-corrected chi connectivity index (χ2v) is 8.98. The van der Waals surface area contributed by atoms with E-state index in [-0.39, 0.29) is 17.3 Å². The van der Waals surface area contributed by atoms with E-state index in [9.17, 15) is 22.4 Å². The van der Waals surface area contributed by atoms with Gasteiger partial charge in [-0.25, -0.2) is 17.6 Å².